The van der Waals surface area contributed by atoms with Crippen molar-refractivity contribution in [2.24, 2.45) is 0 Å². The Morgan fingerprint density at radius 3 is 2.44 bits per heavy atom. The molecule has 0 aromatic heterocycles. The van der Waals surface area contributed by atoms with E-state index in [2.05, 4.69) is 36.5 Å². The molecule has 18 heavy (non-hydrogen) atoms. The summed E-state index contributed by atoms with van der Waals surface area (Å²) < 4.78 is 13.0. The molecule has 0 amide bonds. The van der Waals surface area contributed by atoms with Crippen LogP contribution < -0.4 is 5.32 Å². The van der Waals surface area contributed by atoms with Gasteiger partial charge in [0.05, 0.1) is 0 Å². The highest BCUT2D eigenvalue weighted by molar-refractivity contribution is 5.17. The van der Waals surface area contributed by atoms with Gasteiger partial charge in [0.1, 0.15) is 5.82 Å². The maximum Gasteiger partial charge on any atom is 0.123 e. The Labute approximate surface area is 108 Å². The summed E-state index contributed by atoms with van der Waals surface area (Å²) in [5, 5.41) is 3.41. The molecule has 0 aliphatic carbocycles. The molecule has 0 radical (unpaired) electrons. The molecule has 0 spiro atoms. The van der Waals surface area contributed by atoms with Crippen molar-refractivity contribution in [3.05, 3.63) is 71.5 Å². The van der Waals surface area contributed by atoms with Crippen LogP contribution in [0.5, 0.6) is 0 Å². The van der Waals surface area contributed by atoms with Crippen LogP contribution in [-0.2, 0) is 13.0 Å². The maximum absolute atomic E-state index is 13.0. The smallest absolute Gasteiger partial charge is 0.123 e. The van der Waals surface area contributed by atoms with Gasteiger partial charge in [-0.25, -0.2) is 4.39 Å². The van der Waals surface area contributed by atoms with Gasteiger partial charge in [-0.1, -0.05) is 42.5 Å². The van der Waals surface area contributed by atoms with Crippen molar-refractivity contribution in [2.45, 2.75) is 25.9 Å². The second kappa shape index (κ2) is 6.31. The molecule has 94 valence electrons. The molecule has 2 rings (SSSR count). The van der Waals surface area contributed by atoms with Gasteiger partial charge in [0.25, 0.3) is 0 Å². The van der Waals surface area contributed by atoms with E-state index >= 15 is 0 Å². The quantitative estimate of drug-likeness (QED) is 0.847. The van der Waals surface area contributed by atoms with Crippen LogP contribution >= 0.6 is 0 Å². The van der Waals surface area contributed by atoms with Crippen molar-refractivity contribution < 1.29 is 4.39 Å². The third-order valence-corrected chi connectivity index (χ3v) is 2.93. The first-order chi connectivity index (χ1) is 8.74. The zero-order valence-corrected chi connectivity index (χ0v) is 10.6. The molecule has 1 nitrogen and oxygen atoms in total. The van der Waals surface area contributed by atoms with E-state index in [9.17, 15) is 4.39 Å². The molecule has 1 N–H and O–H groups in total. The van der Waals surface area contributed by atoms with Crippen molar-refractivity contribution in [1.29, 1.82) is 0 Å². The highest BCUT2D eigenvalue weighted by atomic mass is 19.1. The van der Waals surface area contributed by atoms with Gasteiger partial charge in [0, 0.05) is 12.6 Å². The highest BCUT2D eigenvalue weighted by Gasteiger charge is 2.03. The Morgan fingerprint density at radius 1 is 1.00 bits per heavy atom. The van der Waals surface area contributed by atoms with E-state index < -0.39 is 0 Å². The van der Waals surface area contributed by atoms with Crippen LogP contribution in [0, 0.1) is 5.82 Å². The summed E-state index contributed by atoms with van der Waals surface area (Å²) in [5.74, 6) is -0.176. The van der Waals surface area contributed by atoms with Crippen LogP contribution in [0.1, 0.15) is 18.1 Å². The number of nitrogens with one attached hydrogen (secondary N) is 1. The van der Waals surface area contributed by atoms with Gasteiger partial charge in [0.2, 0.25) is 0 Å². The topological polar surface area (TPSA) is 12.0 Å². The highest BCUT2D eigenvalue weighted by Crippen LogP contribution is 2.06. The normalized spacial score (nSPS) is 12.3. The average molecular weight is 243 g/mol. The van der Waals surface area contributed by atoms with Crippen LogP contribution in [-0.4, -0.2) is 6.04 Å². The molecule has 0 aliphatic rings. The van der Waals surface area contributed by atoms with Gasteiger partial charge in [0.15, 0.2) is 0 Å². The van der Waals surface area contributed by atoms with Gasteiger partial charge in [-0.15, -0.1) is 0 Å². The standard InChI is InChI=1S/C16H18FN/c1-13(10-14-6-3-2-4-7-14)18-12-15-8-5-9-16(17)11-15/h2-9,11,13,18H,10,12H2,1H3. The average Bonchev–Trinajstić information content (AvgIpc) is 2.38. The summed E-state index contributed by atoms with van der Waals surface area (Å²) >= 11 is 0. The zero-order valence-electron chi connectivity index (χ0n) is 10.6. The summed E-state index contributed by atoms with van der Waals surface area (Å²) in [7, 11) is 0. The lowest BCUT2D eigenvalue weighted by Gasteiger charge is -2.14. The number of hydrogen-bond donors (Lipinski definition) is 1. The van der Waals surface area contributed by atoms with Gasteiger partial charge >= 0.3 is 0 Å². The summed E-state index contributed by atoms with van der Waals surface area (Å²) in [5.41, 5.74) is 2.30. The molecule has 2 aromatic carbocycles. The van der Waals surface area contributed by atoms with E-state index in [1.54, 1.807) is 12.1 Å². The molecule has 0 saturated heterocycles. The molecule has 2 heteroatoms. The monoisotopic (exact) mass is 243 g/mol. The fourth-order valence-corrected chi connectivity index (χ4v) is 1.98. The van der Waals surface area contributed by atoms with E-state index in [-0.39, 0.29) is 5.82 Å². The zero-order chi connectivity index (χ0) is 12.8. The minimum Gasteiger partial charge on any atom is -0.310 e. The van der Waals surface area contributed by atoms with Crippen LogP contribution in [0.2, 0.25) is 0 Å². The number of benzene rings is 2. The van der Waals surface area contributed by atoms with Gasteiger partial charge in [-0.05, 0) is 36.6 Å². The second-order valence-corrected chi connectivity index (χ2v) is 4.60. The Kier molecular flexibility index (Phi) is 4.48. The third kappa shape index (κ3) is 3.97. The summed E-state index contributed by atoms with van der Waals surface area (Å²) in [6.45, 7) is 2.85. The van der Waals surface area contributed by atoms with Crippen molar-refractivity contribution in [3.8, 4) is 0 Å². The Bertz CT molecular complexity index is 481. The molecular formula is C16H18FN. The van der Waals surface area contributed by atoms with E-state index in [0.717, 1.165) is 12.0 Å². The molecular weight excluding hydrogens is 225 g/mol. The Hall–Kier alpha value is -1.67. The fraction of sp³-hybridized carbons (Fsp3) is 0.250. The first-order valence-electron chi connectivity index (χ1n) is 6.26. The molecule has 1 atom stereocenters. The van der Waals surface area contributed by atoms with Crippen molar-refractivity contribution in [2.75, 3.05) is 0 Å². The van der Waals surface area contributed by atoms with Crippen molar-refractivity contribution in [3.63, 3.8) is 0 Å². The van der Waals surface area contributed by atoms with Gasteiger partial charge < -0.3 is 5.32 Å². The lowest BCUT2D eigenvalue weighted by atomic mass is 10.1. The van der Waals surface area contributed by atoms with Crippen molar-refractivity contribution >= 4 is 0 Å². The molecule has 1 unspecified atom stereocenters. The largest absolute Gasteiger partial charge is 0.310 e. The van der Waals surface area contributed by atoms with Gasteiger partial charge in [-0.2, -0.15) is 0 Å². The lowest BCUT2D eigenvalue weighted by Crippen LogP contribution is -2.27. The third-order valence-electron chi connectivity index (χ3n) is 2.93. The van der Waals surface area contributed by atoms with Crippen LogP contribution in [0.3, 0.4) is 0 Å². The minimum atomic E-state index is -0.176. The van der Waals surface area contributed by atoms with Crippen LogP contribution in [0.15, 0.2) is 54.6 Å². The lowest BCUT2D eigenvalue weighted by molar-refractivity contribution is 0.542. The van der Waals surface area contributed by atoms with Crippen molar-refractivity contribution in [1.82, 2.24) is 5.32 Å². The summed E-state index contributed by atoms with van der Waals surface area (Å²) in [4.78, 5) is 0. The Balaban J connectivity index is 1.83. The number of halogens is 1. The maximum atomic E-state index is 13.0. The molecule has 0 aliphatic heterocycles. The number of rotatable bonds is 5. The predicted octanol–water partition coefficient (Wildman–Crippen LogP) is 3.55. The van der Waals surface area contributed by atoms with Crippen LogP contribution in [0.25, 0.3) is 0 Å². The molecule has 2 aromatic rings. The van der Waals surface area contributed by atoms with E-state index in [1.807, 2.05) is 12.1 Å². The first-order valence-corrected chi connectivity index (χ1v) is 6.26. The number of hydrogen-bond acceptors (Lipinski definition) is 1. The molecule has 0 fully saturated rings. The van der Waals surface area contributed by atoms with Crippen LogP contribution in [0.4, 0.5) is 4.39 Å². The second-order valence-electron chi connectivity index (χ2n) is 4.60. The van der Waals surface area contributed by atoms with Gasteiger partial charge in [-0.3, -0.25) is 0 Å². The molecule has 0 heterocycles. The predicted molar refractivity (Wildman–Crippen MR) is 72.8 cm³/mol. The van der Waals surface area contributed by atoms with E-state index in [0.29, 0.717) is 12.6 Å². The minimum absolute atomic E-state index is 0.176. The van der Waals surface area contributed by atoms with E-state index in [1.165, 1.54) is 11.6 Å². The van der Waals surface area contributed by atoms with E-state index in [4.69, 9.17) is 0 Å². The molecule has 0 bridgehead atoms. The SMILES string of the molecule is CC(Cc1ccccc1)NCc1cccc(F)c1. The fourth-order valence-electron chi connectivity index (χ4n) is 1.98. The molecule has 0 saturated carbocycles. The first kappa shape index (κ1) is 12.8. The summed E-state index contributed by atoms with van der Waals surface area (Å²) in [6.07, 6.45) is 0.982. The summed E-state index contributed by atoms with van der Waals surface area (Å²) in [6, 6.07) is 17.5. The Morgan fingerprint density at radius 2 is 1.72 bits per heavy atom.